The number of carbonyl (C=O) groups is 1. The van der Waals surface area contributed by atoms with Crippen molar-refractivity contribution in [1.82, 2.24) is 0 Å². The number of anilines is 1. The summed E-state index contributed by atoms with van der Waals surface area (Å²) < 4.78 is 5.40. The lowest BCUT2D eigenvalue weighted by Gasteiger charge is -2.22. The summed E-state index contributed by atoms with van der Waals surface area (Å²) in [5, 5.41) is 0.571. The van der Waals surface area contributed by atoms with Gasteiger partial charge in [0.1, 0.15) is 11.1 Å². The van der Waals surface area contributed by atoms with E-state index in [-0.39, 0.29) is 11.3 Å². The van der Waals surface area contributed by atoms with E-state index < -0.39 is 0 Å². The van der Waals surface area contributed by atoms with Gasteiger partial charge in [-0.25, -0.2) is 0 Å². The zero-order chi connectivity index (χ0) is 12.5. The van der Waals surface area contributed by atoms with Gasteiger partial charge in [0.25, 0.3) is 0 Å². The maximum atomic E-state index is 12.0. The third-order valence-corrected chi connectivity index (χ3v) is 4.18. The molecule has 92 valence electrons. The Morgan fingerprint density at radius 2 is 2.06 bits per heavy atom. The van der Waals surface area contributed by atoms with Crippen molar-refractivity contribution < 1.29 is 9.21 Å². The maximum Gasteiger partial charge on any atom is 0.238 e. The molecule has 0 spiro atoms. The van der Waals surface area contributed by atoms with Crippen LogP contribution in [0.25, 0.3) is 0 Å². The Balaban J connectivity index is 1.97. The molecule has 0 unspecified atom stereocenters. The highest BCUT2D eigenvalue weighted by Gasteiger charge is 2.35. The highest BCUT2D eigenvalue weighted by molar-refractivity contribution is 8.00. The number of carbonyl (C=O) groups excluding carboxylic acids is 1. The Morgan fingerprint density at radius 3 is 2.72 bits per heavy atom. The smallest absolute Gasteiger partial charge is 0.238 e. The molecule has 3 rings (SSSR count). The van der Waals surface area contributed by atoms with Gasteiger partial charge in [-0.2, -0.15) is 0 Å². The largest absolute Gasteiger partial charge is 0.466 e. The van der Waals surface area contributed by atoms with E-state index in [4.69, 9.17) is 16.0 Å². The maximum absolute atomic E-state index is 12.0. The lowest BCUT2D eigenvalue weighted by Crippen LogP contribution is -2.27. The summed E-state index contributed by atoms with van der Waals surface area (Å²) in [6, 6.07) is 11.0. The van der Waals surface area contributed by atoms with Crippen molar-refractivity contribution in [2.24, 2.45) is 0 Å². The van der Waals surface area contributed by atoms with Crippen LogP contribution >= 0.6 is 23.4 Å². The average Bonchev–Trinajstić information content (AvgIpc) is 2.99. The van der Waals surface area contributed by atoms with Gasteiger partial charge in [-0.05, 0) is 36.4 Å². The van der Waals surface area contributed by atoms with Crippen LogP contribution in [-0.2, 0) is 4.79 Å². The molecule has 2 aromatic rings. The summed E-state index contributed by atoms with van der Waals surface area (Å²) in [5.74, 6) is 1.35. The SMILES string of the molecule is O=C1CS[C@@H](c2ccco2)N1c1ccc(Cl)cc1. The van der Waals surface area contributed by atoms with E-state index in [0.29, 0.717) is 10.8 Å². The quantitative estimate of drug-likeness (QED) is 0.840. The normalized spacial score (nSPS) is 19.5. The van der Waals surface area contributed by atoms with Crippen LogP contribution in [-0.4, -0.2) is 11.7 Å². The standard InChI is InChI=1S/C13H10ClNO2S/c14-9-3-5-10(6-4-9)15-12(16)8-18-13(15)11-2-1-7-17-11/h1-7,13H,8H2/t13-/m0/s1. The Morgan fingerprint density at radius 1 is 1.28 bits per heavy atom. The van der Waals surface area contributed by atoms with E-state index in [1.165, 1.54) is 0 Å². The minimum absolute atomic E-state index is 0.0868. The van der Waals surface area contributed by atoms with Crippen molar-refractivity contribution in [3.63, 3.8) is 0 Å². The molecule has 0 aliphatic carbocycles. The first kappa shape index (κ1) is 11.7. The van der Waals surface area contributed by atoms with Gasteiger partial charge >= 0.3 is 0 Å². The van der Waals surface area contributed by atoms with Crippen LogP contribution in [0.3, 0.4) is 0 Å². The van der Waals surface area contributed by atoms with Crippen molar-refractivity contribution >= 4 is 35.0 Å². The zero-order valence-corrected chi connectivity index (χ0v) is 10.9. The summed E-state index contributed by atoms with van der Waals surface area (Å²) >= 11 is 7.43. The Bertz CT molecular complexity index is 553. The second kappa shape index (κ2) is 4.71. The van der Waals surface area contributed by atoms with E-state index in [2.05, 4.69) is 0 Å². The second-order valence-electron chi connectivity index (χ2n) is 3.92. The predicted molar refractivity (Wildman–Crippen MR) is 72.8 cm³/mol. The first-order valence-electron chi connectivity index (χ1n) is 5.48. The summed E-state index contributed by atoms with van der Waals surface area (Å²) in [4.78, 5) is 13.7. The first-order chi connectivity index (χ1) is 8.75. The molecule has 18 heavy (non-hydrogen) atoms. The second-order valence-corrected chi connectivity index (χ2v) is 5.42. The van der Waals surface area contributed by atoms with Crippen LogP contribution in [0, 0.1) is 0 Å². The number of halogens is 1. The minimum Gasteiger partial charge on any atom is -0.466 e. The number of furan rings is 1. The van der Waals surface area contributed by atoms with Crippen molar-refractivity contribution in [1.29, 1.82) is 0 Å². The number of hydrogen-bond donors (Lipinski definition) is 0. The fourth-order valence-electron chi connectivity index (χ4n) is 1.95. The number of rotatable bonds is 2. The van der Waals surface area contributed by atoms with Gasteiger partial charge in [-0.15, -0.1) is 11.8 Å². The molecule has 1 aliphatic rings. The number of hydrogen-bond acceptors (Lipinski definition) is 3. The topological polar surface area (TPSA) is 33.5 Å². The molecule has 1 fully saturated rings. The third-order valence-electron chi connectivity index (χ3n) is 2.76. The molecule has 1 aromatic heterocycles. The fraction of sp³-hybridized carbons (Fsp3) is 0.154. The van der Waals surface area contributed by atoms with Gasteiger partial charge < -0.3 is 4.42 Å². The summed E-state index contributed by atoms with van der Waals surface area (Å²) in [6.45, 7) is 0. The van der Waals surface area contributed by atoms with Crippen LogP contribution < -0.4 is 4.90 Å². The monoisotopic (exact) mass is 279 g/mol. The van der Waals surface area contributed by atoms with E-state index in [1.807, 2.05) is 24.3 Å². The van der Waals surface area contributed by atoms with Crippen LogP contribution in [0.4, 0.5) is 5.69 Å². The highest BCUT2D eigenvalue weighted by Crippen LogP contribution is 2.41. The molecule has 2 heterocycles. The van der Waals surface area contributed by atoms with E-state index >= 15 is 0 Å². The van der Waals surface area contributed by atoms with Gasteiger partial charge in [0.15, 0.2) is 0 Å². The number of thioether (sulfide) groups is 1. The molecule has 1 atom stereocenters. The van der Waals surface area contributed by atoms with Gasteiger partial charge in [-0.3, -0.25) is 9.69 Å². The fourth-order valence-corrected chi connectivity index (χ4v) is 3.20. The molecule has 5 heteroatoms. The summed E-state index contributed by atoms with van der Waals surface area (Å²) in [6.07, 6.45) is 1.62. The molecule has 1 aliphatic heterocycles. The molecule has 0 bridgehead atoms. The molecular formula is C13H10ClNO2S. The Labute approximate surface area is 114 Å². The van der Waals surface area contributed by atoms with Crippen LogP contribution in [0.1, 0.15) is 11.1 Å². The molecule has 0 N–H and O–H groups in total. The molecule has 0 radical (unpaired) electrons. The zero-order valence-electron chi connectivity index (χ0n) is 9.38. The molecular weight excluding hydrogens is 270 g/mol. The van der Waals surface area contributed by atoms with Crippen molar-refractivity contribution in [2.75, 3.05) is 10.7 Å². The van der Waals surface area contributed by atoms with Gasteiger partial charge in [0.2, 0.25) is 5.91 Å². The molecule has 1 saturated heterocycles. The first-order valence-corrected chi connectivity index (χ1v) is 6.91. The number of nitrogens with zero attached hydrogens (tertiary/aromatic N) is 1. The van der Waals surface area contributed by atoms with E-state index in [0.717, 1.165) is 11.4 Å². The van der Waals surface area contributed by atoms with E-state index in [9.17, 15) is 4.79 Å². The molecule has 3 nitrogen and oxygen atoms in total. The van der Waals surface area contributed by atoms with Crippen LogP contribution in [0.2, 0.25) is 5.02 Å². The van der Waals surface area contributed by atoms with Crippen molar-refractivity contribution in [3.05, 3.63) is 53.4 Å². The molecule has 1 aromatic carbocycles. The average molecular weight is 280 g/mol. The number of benzene rings is 1. The lowest BCUT2D eigenvalue weighted by atomic mass is 10.2. The van der Waals surface area contributed by atoms with Crippen LogP contribution in [0.15, 0.2) is 47.1 Å². The summed E-state index contributed by atoms with van der Waals surface area (Å²) in [7, 11) is 0. The highest BCUT2D eigenvalue weighted by atomic mass is 35.5. The Kier molecular flexibility index (Phi) is 3.06. The van der Waals surface area contributed by atoms with E-state index in [1.54, 1.807) is 35.1 Å². The minimum atomic E-state index is -0.0892. The predicted octanol–water partition coefficient (Wildman–Crippen LogP) is 3.71. The molecule has 1 amide bonds. The van der Waals surface area contributed by atoms with Crippen LogP contribution in [0.5, 0.6) is 0 Å². The number of amides is 1. The van der Waals surface area contributed by atoms with Gasteiger partial charge in [-0.1, -0.05) is 11.6 Å². The van der Waals surface area contributed by atoms with Gasteiger partial charge in [0, 0.05) is 10.7 Å². The lowest BCUT2D eigenvalue weighted by molar-refractivity contribution is -0.115. The summed E-state index contributed by atoms with van der Waals surface area (Å²) in [5.41, 5.74) is 0.843. The Hall–Kier alpha value is -1.39. The van der Waals surface area contributed by atoms with Gasteiger partial charge in [0.05, 0.1) is 12.0 Å². The third kappa shape index (κ3) is 2.02. The van der Waals surface area contributed by atoms with Crippen molar-refractivity contribution in [2.45, 2.75) is 5.37 Å². The molecule has 0 saturated carbocycles. The van der Waals surface area contributed by atoms with Crippen molar-refractivity contribution in [3.8, 4) is 0 Å².